The van der Waals surface area contributed by atoms with Crippen LogP contribution in [0.15, 0.2) is 114 Å². The SMILES string of the molecule is N#Cc1c(NC(=O)C(Sc2cccc(NC(=O)c3cccc([N+](=O)[O-])c3)c2)c2ccccc2)sc2c1CCC(c1ccccc1)C2. The van der Waals surface area contributed by atoms with Gasteiger partial charge in [0, 0.05) is 33.2 Å². The summed E-state index contributed by atoms with van der Waals surface area (Å²) >= 11 is 2.82. The third-order valence-corrected chi connectivity index (χ3v) is 10.3. The predicted molar refractivity (Wildman–Crippen MR) is 181 cm³/mol. The molecule has 5 aromatic rings. The van der Waals surface area contributed by atoms with Crippen LogP contribution in [0.3, 0.4) is 0 Å². The van der Waals surface area contributed by atoms with E-state index in [0.717, 1.165) is 40.2 Å². The number of thioether (sulfide) groups is 1. The molecule has 0 fully saturated rings. The van der Waals surface area contributed by atoms with Crippen molar-refractivity contribution in [2.24, 2.45) is 0 Å². The molecule has 4 aromatic carbocycles. The average molecular weight is 645 g/mol. The van der Waals surface area contributed by atoms with Gasteiger partial charge in [0.15, 0.2) is 0 Å². The number of nitriles is 1. The molecule has 2 unspecified atom stereocenters. The molecule has 0 saturated carbocycles. The molecule has 8 nitrogen and oxygen atoms in total. The largest absolute Gasteiger partial charge is 0.322 e. The van der Waals surface area contributed by atoms with Crippen LogP contribution < -0.4 is 10.6 Å². The monoisotopic (exact) mass is 644 g/mol. The Hall–Kier alpha value is -5.24. The van der Waals surface area contributed by atoms with E-state index in [1.807, 2.05) is 54.6 Å². The Kier molecular flexibility index (Phi) is 9.24. The molecule has 46 heavy (non-hydrogen) atoms. The van der Waals surface area contributed by atoms with Crippen LogP contribution >= 0.6 is 23.1 Å². The molecule has 1 aliphatic rings. The number of nitro benzene ring substituents is 1. The second-order valence-corrected chi connectivity index (χ2v) is 13.1. The van der Waals surface area contributed by atoms with Crippen LogP contribution in [-0.4, -0.2) is 16.7 Å². The van der Waals surface area contributed by atoms with Crippen molar-refractivity contribution < 1.29 is 14.5 Å². The maximum absolute atomic E-state index is 14.0. The van der Waals surface area contributed by atoms with Crippen molar-refractivity contribution in [3.63, 3.8) is 0 Å². The Balaban J connectivity index is 1.22. The summed E-state index contributed by atoms with van der Waals surface area (Å²) in [6, 6.07) is 34.8. The number of carbonyl (C=O) groups is 2. The van der Waals surface area contributed by atoms with Gasteiger partial charge in [-0.05, 0) is 66.1 Å². The zero-order valence-corrected chi connectivity index (χ0v) is 26.1. The average Bonchev–Trinajstić information content (AvgIpc) is 3.44. The number of non-ortho nitro benzene ring substituents is 1. The lowest BCUT2D eigenvalue weighted by Crippen LogP contribution is -2.19. The van der Waals surface area contributed by atoms with E-state index < -0.39 is 16.1 Å². The first-order valence-electron chi connectivity index (χ1n) is 14.7. The third kappa shape index (κ3) is 6.86. The zero-order valence-electron chi connectivity index (χ0n) is 24.5. The fourth-order valence-corrected chi connectivity index (χ4v) is 7.99. The summed E-state index contributed by atoms with van der Waals surface area (Å²) in [6.07, 6.45) is 2.57. The number of rotatable bonds is 9. The molecule has 10 heteroatoms. The van der Waals surface area contributed by atoms with Crippen molar-refractivity contribution in [1.29, 1.82) is 5.26 Å². The summed E-state index contributed by atoms with van der Waals surface area (Å²) in [7, 11) is 0. The molecule has 228 valence electrons. The minimum absolute atomic E-state index is 0.163. The molecular weight excluding hydrogens is 617 g/mol. The molecule has 1 aliphatic carbocycles. The van der Waals surface area contributed by atoms with Crippen LogP contribution in [0.25, 0.3) is 0 Å². The van der Waals surface area contributed by atoms with Crippen LogP contribution in [0.5, 0.6) is 0 Å². The van der Waals surface area contributed by atoms with Crippen molar-refractivity contribution >= 4 is 51.3 Å². The van der Waals surface area contributed by atoms with E-state index in [2.05, 4.69) is 28.8 Å². The van der Waals surface area contributed by atoms with E-state index in [0.29, 0.717) is 22.2 Å². The Morgan fingerprint density at radius 3 is 2.41 bits per heavy atom. The second kappa shape index (κ2) is 13.8. The number of nitrogens with one attached hydrogen (secondary N) is 2. The molecule has 2 atom stereocenters. The Morgan fingerprint density at radius 2 is 1.67 bits per heavy atom. The van der Waals surface area contributed by atoms with Crippen molar-refractivity contribution in [1.82, 2.24) is 0 Å². The van der Waals surface area contributed by atoms with E-state index in [4.69, 9.17) is 0 Å². The lowest BCUT2D eigenvalue weighted by Gasteiger charge is -2.22. The molecule has 0 aliphatic heterocycles. The molecule has 0 radical (unpaired) electrons. The fourth-order valence-electron chi connectivity index (χ4n) is 5.63. The Labute approximate surface area is 274 Å². The summed E-state index contributed by atoms with van der Waals surface area (Å²) in [6.45, 7) is 0. The number of hydrogen-bond acceptors (Lipinski definition) is 7. The first-order valence-corrected chi connectivity index (χ1v) is 16.4. The Morgan fingerprint density at radius 1 is 0.935 bits per heavy atom. The van der Waals surface area contributed by atoms with Gasteiger partial charge >= 0.3 is 0 Å². The van der Waals surface area contributed by atoms with Gasteiger partial charge in [-0.3, -0.25) is 19.7 Å². The molecule has 0 saturated heterocycles. The normalized spacial score (nSPS) is 14.4. The highest BCUT2D eigenvalue weighted by molar-refractivity contribution is 8.00. The first-order chi connectivity index (χ1) is 22.4. The lowest BCUT2D eigenvalue weighted by molar-refractivity contribution is -0.384. The van der Waals surface area contributed by atoms with Gasteiger partial charge in [-0.25, -0.2) is 0 Å². The van der Waals surface area contributed by atoms with Gasteiger partial charge in [0.2, 0.25) is 5.91 Å². The van der Waals surface area contributed by atoms with Crippen molar-refractivity contribution in [3.05, 3.63) is 152 Å². The predicted octanol–water partition coefficient (Wildman–Crippen LogP) is 8.52. The summed E-state index contributed by atoms with van der Waals surface area (Å²) in [5.74, 6) is -0.361. The third-order valence-electron chi connectivity index (χ3n) is 7.89. The number of nitro groups is 1. The highest BCUT2D eigenvalue weighted by Gasteiger charge is 2.29. The molecule has 0 bridgehead atoms. The first kappa shape index (κ1) is 30.8. The van der Waals surface area contributed by atoms with E-state index in [1.165, 1.54) is 52.9 Å². The van der Waals surface area contributed by atoms with E-state index in [1.54, 1.807) is 18.2 Å². The number of hydrogen-bond donors (Lipinski definition) is 2. The number of thiophene rings is 1. The maximum atomic E-state index is 14.0. The molecule has 1 aromatic heterocycles. The zero-order chi connectivity index (χ0) is 32.0. The van der Waals surface area contributed by atoms with Gasteiger partial charge < -0.3 is 10.6 Å². The molecule has 6 rings (SSSR count). The van der Waals surface area contributed by atoms with Crippen LogP contribution in [0.4, 0.5) is 16.4 Å². The van der Waals surface area contributed by atoms with E-state index in [9.17, 15) is 25.0 Å². The molecular formula is C36H28N4O4S2. The number of fused-ring (bicyclic) bond motifs is 1. The summed E-state index contributed by atoms with van der Waals surface area (Å²) < 4.78 is 0. The van der Waals surface area contributed by atoms with E-state index >= 15 is 0 Å². The summed E-state index contributed by atoms with van der Waals surface area (Å²) in [4.78, 5) is 39.3. The maximum Gasteiger partial charge on any atom is 0.270 e. The highest BCUT2D eigenvalue weighted by Crippen LogP contribution is 2.43. The molecule has 0 spiro atoms. The van der Waals surface area contributed by atoms with Crippen molar-refractivity contribution in [3.8, 4) is 6.07 Å². The molecule has 2 N–H and O–H groups in total. The van der Waals surface area contributed by atoms with Gasteiger partial charge in [-0.2, -0.15) is 5.26 Å². The Bertz CT molecular complexity index is 1950. The van der Waals surface area contributed by atoms with Crippen LogP contribution in [-0.2, 0) is 17.6 Å². The van der Waals surface area contributed by atoms with Gasteiger partial charge in [-0.1, -0.05) is 72.8 Å². The van der Waals surface area contributed by atoms with Gasteiger partial charge in [0.25, 0.3) is 11.6 Å². The smallest absolute Gasteiger partial charge is 0.270 e. The fraction of sp³-hybridized carbons (Fsp3) is 0.139. The standard InChI is InChI=1S/C36H28N4O4S2/c37-22-31-30-18-17-25(23-9-3-1-4-10-23)20-32(30)46-36(31)39-35(42)33(24-11-5-2-6-12-24)45-29-16-8-14-27(21-29)38-34(41)26-13-7-15-28(19-26)40(43)44/h1-16,19,21,25,33H,17-18,20H2,(H,38,41)(H,39,42). The topological polar surface area (TPSA) is 125 Å². The number of carbonyl (C=O) groups excluding carboxylic acids is 2. The van der Waals surface area contributed by atoms with Crippen LogP contribution in [0.1, 0.15) is 55.1 Å². The van der Waals surface area contributed by atoms with Crippen LogP contribution in [0, 0.1) is 21.4 Å². The second-order valence-electron chi connectivity index (χ2n) is 10.9. The minimum atomic E-state index is -0.647. The quantitative estimate of drug-likeness (QED) is 0.0941. The molecule has 2 amide bonds. The van der Waals surface area contributed by atoms with Crippen molar-refractivity contribution in [2.45, 2.75) is 35.3 Å². The van der Waals surface area contributed by atoms with Crippen molar-refractivity contribution in [2.75, 3.05) is 10.6 Å². The van der Waals surface area contributed by atoms with Gasteiger partial charge in [0.05, 0.1) is 10.5 Å². The number of amides is 2. The minimum Gasteiger partial charge on any atom is -0.322 e. The highest BCUT2D eigenvalue weighted by atomic mass is 32.2. The van der Waals surface area contributed by atoms with Crippen LogP contribution in [0.2, 0.25) is 0 Å². The number of benzene rings is 4. The number of anilines is 2. The lowest BCUT2D eigenvalue weighted by atomic mass is 9.83. The van der Waals surface area contributed by atoms with Gasteiger partial charge in [-0.15, -0.1) is 23.1 Å². The summed E-state index contributed by atoms with van der Waals surface area (Å²) in [5, 5.41) is 27.1. The molecule has 1 heterocycles. The van der Waals surface area contributed by atoms with E-state index in [-0.39, 0.29) is 17.2 Å². The summed E-state index contributed by atoms with van der Waals surface area (Å²) in [5.41, 5.74) is 4.13. The van der Waals surface area contributed by atoms with Gasteiger partial charge in [0.1, 0.15) is 16.3 Å². The number of nitrogens with zero attached hydrogens (tertiary/aromatic N) is 2.